The summed E-state index contributed by atoms with van der Waals surface area (Å²) in [6.07, 6.45) is 5.59. The van der Waals surface area contributed by atoms with E-state index in [2.05, 4.69) is 306 Å². The summed E-state index contributed by atoms with van der Waals surface area (Å²) in [4.78, 5) is 14.6. The molecule has 15 rings (SSSR count). The number of hydrogen-bond donors (Lipinski definition) is 0. The molecular formula is C81H54N4. The van der Waals surface area contributed by atoms with Crippen LogP contribution in [0.2, 0.25) is 0 Å². The highest BCUT2D eigenvalue weighted by Crippen LogP contribution is 2.46. The van der Waals surface area contributed by atoms with Gasteiger partial charge in [0, 0.05) is 40.8 Å². The fourth-order valence-electron chi connectivity index (χ4n) is 12.3. The van der Waals surface area contributed by atoms with Crippen molar-refractivity contribution in [3.8, 4) is 128 Å². The molecular weight excluding hydrogens is 1030 g/mol. The third-order valence-corrected chi connectivity index (χ3v) is 16.4. The molecule has 0 radical (unpaired) electrons. The van der Waals surface area contributed by atoms with Gasteiger partial charge in [-0.15, -0.1) is 0 Å². The standard InChI is InChI=1S/C81H54N4/c1-3-18-55(19-4-1)56-32-38-60(39-33-56)76-53-62(78-46-47-80-81(84-78)75-29-13-14-31-79(75)85(80)67-21-5-2-6-22-67)44-45-74(76)73-28-12-11-27-72(73)66-51-64(70-25-9-7-23-68(70)58-36-34-57(35-37-58)63-20-17-48-82-54-63)50-65(52-66)71-26-10-8-24-69(71)59-40-42-61(43-41-59)77-30-15-16-49-83-77/h1-54H. The Balaban J connectivity index is 0.905. The minimum atomic E-state index is 0.915. The minimum absolute atomic E-state index is 0.915. The summed E-state index contributed by atoms with van der Waals surface area (Å²) in [6.45, 7) is 0. The number of hydrogen-bond acceptors (Lipinski definition) is 3. The van der Waals surface area contributed by atoms with Gasteiger partial charge >= 0.3 is 0 Å². The zero-order chi connectivity index (χ0) is 56.5. The number of nitrogens with zero attached hydrogens (tertiary/aromatic N) is 4. The van der Waals surface area contributed by atoms with E-state index in [1.54, 1.807) is 0 Å². The molecule has 0 spiro atoms. The molecule has 0 bridgehead atoms. The van der Waals surface area contributed by atoms with Gasteiger partial charge in [-0.2, -0.15) is 0 Å². The lowest BCUT2D eigenvalue weighted by Crippen LogP contribution is -1.94. The molecule has 0 N–H and O–H groups in total. The van der Waals surface area contributed by atoms with Gasteiger partial charge in [-0.25, -0.2) is 4.98 Å². The SMILES string of the molecule is c1ccc(-c2ccc(-c3cc(-c4ccc5c(n4)c4ccccc4n5-c4ccccc4)ccc3-c3ccccc3-c3cc(-c4ccccc4-c4ccc(-c5cccnc5)cc4)cc(-c4ccccc4-c4ccc(-c5ccccn5)cc4)c3)cc2)cc1. The predicted octanol–water partition coefficient (Wildman–Crippen LogP) is 21.3. The van der Waals surface area contributed by atoms with Crippen LogP contribution in [0.3, 0.4) is 0 Å². The Labute approximate surface area is 495 Å². The fraction of sp³-hybridized carbons (Fsp3) is 0. The summed E-state index contributed by atoms with van der Waals surface area (Å²) in [5.74, 6) is 0. The van der Waals surface area contributed by atoms with Crippen LogP contribution < -0.4 is 0 Å². The molecule has 0 aliphatic heterocycles. The van der Waals surface area contributed by atoms with Crippen LogP contribution in [0.15, 0.2) is 328 Å². The van der Waals surface area contributed by atoms with E-state index in [-0.39, 0.29) is 0 Å². The maximum absolute atomic E-state index is 5.52. The van der Waals surface area contributed by atoms with Crippen molar-refractivity contribution in [2.45, 2.75) is 0 Å². The molecule has 4 aromatic heterocycles. The molecule has 4 nitrogen and oxygen atoms in total. The van der Waals surface area contributed by atoms with Gasteiger partial charge in [0.15, 0.2) is 0 Å². The van der Waals surface area contributed by atoms with Gasteiger partial charge in [0.2, 0.25) is 0 Å². The summed E-state index contributed by atoms with van der Waals surface area (Å²) >= 11 is 0. The molecule has 15 aromatic rings. The van der Waals surface area contributed by atoms with Crippen LogP contribution in [-0.2, 0) is 0 Å². The van der Waals surface area contributed by atoms with Crippen LogP contribution in [0.1, 0.15) is 0 Å². The van der Waals surface area contributed by atoms with E-state index >= 15 is 0 Å². The Kier molecular flexibility index (Phi) is 13.2. The maximum Gasteiger partial charge on any atom is 0.0970 e. The van der Waals surface area contributed by atoms with Crippen molar-refractivity contribution in [1.29, 1.82) is 0 Å². The number of fused-ring (bicyclic) bond motifs is 3. The van der Waals surface area contributed by atoms with Crippen LogP contribution in [0.4, 0.5) is 0 Å². The van der Waals surface area contributed by atoms with Crippen molar-refractivity contribution in [2.24, 2.45) is 0 Å². The normalized spacial score (nSPS) is 11.3. The Morgan fingerprint density at radius 2 is 0.694 bits per heavy atom. The molecule has 0 saturated carbocycles. The fourth-order valence-corrected chi connectivity index (χ4v) is 12.3. The van der Waals surface area contributed by atoms with Crippen LogP contribution in [0.5, 0.6) is 0 Å². The summed E-state index contributed by atoms with van der Waals surface area (Å²) in [6, 6.07) is 112. The second-order valence-corrected chi connectivity index (χ2v) is 21.5. The molecule has 0 aliphatic rings. The van der Waals surface area contributed by atoms with Crippen molar-refractivity contribution in [2.75, 3.05) is 0 Å². The lowest BCUT2D eigenvalue weighted by molar-refractivity contribution is 1.18. The molecule has 0 unspecified atom stereocenters. The zero-order valence-electron chi connectivity index (χ0n) is 46.5. The molecule has 4 heterocycles. The molecule has 11 aromatic carbocycles. The molecule has 0 saturated heterocycles. The van der Waals surface area contributed by atoms with E-state index in [0.29, 0.717) is 0 Å². The highest BCUT2D eigenvalue weighted by molar-refractivity contribution is 6.08. The van der Waals surface area contributed by atoms with E-state index in [1.165, 1.54) is 11.1 Å². The van der Waals surface area contributed by atoms with Crippen molar-refractivity contribution >= 4 is 21.9 Å². The van der Waals surface area contributed by atoms with Gasteiger partial charge in [-0.3, -0.25) is 9.97 Å². The summed E-state index contributed by atoms with van der Waals surface area (Å²) in [7, 11) is 0. The van der Waals surface area contributed by atoms with Gasteiger partial charge in [0.1, 0.15) is 0 Å². The van der Waals surface area contributed by atoms with Crippen molar-refractivity contribution in [3.05, 3.63) is 328 Å². The smallest absolute Gasteiger partial charge is 0.0970 e. The van der Waals surface area contributed by atoms with Crippen LogP contribution >= 0.6 is 0 Å². The molecule has 0 atom stereocenters. The van der Waals surface area contributed by atoms with Gasteiger partial charge in [-0.1, -0.05) is 237 Å². The molecule has 4 heteroatoms. The van der Waals surface area contributed by atoms with E-state index < -0.39 is 0 Å². The Hall–Kier alpha value is -11.3. The third-order valence-electron chi connectivity index (χ3n) is 16.4. The summed E-state index contributed by atoms with van der Waals surface area (Å²) in [5, 5.41) is 1.12. The van der Waals surface area contributed by atoms with E-state index in [0.717, 1.165) is 139 Å². The first-order valence-corrected chi connectivity index (χ1v) is 28.9. The maximum atomic E-state index is 5.52. The van der Waals surface area contributed by atoms with E-state index in [1.807, 2.05) is 36.8 Å². The quantitative estimate of drug-likeness (QED) is 0.122. The Morgan fingerprint density at radius 3 is 1.29 bits per heavy atom. The topological polar surface area (TPSA) is 43.6 Å². The Morgan fingerprint density at radius 1 is 0.235 bits per heavy atom. The zero-order valence-corrected chi connectivity index (χ0v) is 46.5. The minimum Gasteiger partial charge on any atom is -0.308 e. The van der Waals surface area contributed by atoms with Crippen LogP contribution in [0, 0.1) is 0 Å². The number of pyridine rings is 3. The molecule has 398 valence electrons. The largest absolute Gasteiger partial charge is 0.308 e. The van der Waals surface area contributed by atoms with Gasteiger partial charge in [0.05, 0.1) is 27.9 Å². The molecule has 0 aliphatic carbocycles. The summed E-state index contributed by atoms with van der Waals surface area (Å²) in [5.41, 5.74) is 28.7. The number of para-hydroxylation sites is 2. The summed E-state index contributed by atoms with van der Waals surface area (Å²) < 4.78 is 2.32. The van der Waals surface area contributed by atoms with Gasteiger partial charge in [-0.05, 0) is 173 Å². The van der Waals surface area contributed by atoms with Crippen molar-refractivity contribution in [1.82, 2.24) is 19.5 Å². The first-order valence-electron chi connectivity index (χ1n) is 28.9. The predicted molar refractivity (Wildman–Crippen MR) is 354 cm³/mol. The first-order chi connectivity index (χ1) is 42.1. The van der Waals surface area contributed by atoms with Crippen molar-refractivity contribution < 1.29 is 0 Å². The molecule has 85 heavy (non-hydrogen) atoms. The average Bonchev–Trinajstić information content (AvgIpc) is 3.34. The highest BCUT2D eigenvalue weighted by Gasteiger charge is 2.21. The number of benzene rings is 11. The van der Waals surface area contributed by atoms with Gasteiger partial charge in [0.25, 0.3) is 0 Å². The number of aromatic nitrogens is 4. The second kappa shape index (κ2) is 22.2. The molecule has 0 amide bonds. The highest BCUT2D eigenvalue weighted by atomic mass is 15.0. The van der Waals surface area contributed by atoms with E-state index in [4.69, 9.17) is 4.98 Å². The lowest BCUT2D eigenvalue weighted by atomic mass is 9.84. The second-order valence-electron chi connectivity index (χ2n) is 21.5. The number of rotatable bonds is 12. The third kappa shape index (κ3) is 9.78. The van der Waals surface area contributed by atoms with Crippen LogP contribution in [0.25, 0.3) is 150 Å². The van der Waals surface area contributed by atoms with Gasteiger partial charge < -0.3 is 4.57 Å². The lowest BCUT2D eigenvalue weighted by Gasteiger charge is -2.19. The monoisotopic (exact) mass is 1080 g/mol. The average molecular weight is 1080 g/mol. The molecule has 0 fully saturated rings. The van der Waals surface area contributed by atoms with Crippen LogP contribution in [-0.4, -0.2) is 19.5 Å². The van der Waals surface area contributed by atoms with Crippen molar-refractivity contribution in [3.63, 3.8) is 0 Å². The Bertz CT molecular complexity index is 4740. The van der Waals surface area contributed by atoms with E-state index in [9.17, 15) is 0 Å². The first kappa shape index (κ1) is 50.6.